The highest BCUT2D eigenvalue weighted by Gasteiger charge is 2.32. The van der Waals surface area contributed by atoms with Crippen molar-refractivity contribution in [3.63, 3.8) is 0 Å². The van der Waals surface area contributed by atoms with Crippen LogP contribution in [-0.4, -0.2) is 49.3 Å². The van der Waals surface area contributed by atoms with Gasteiger partial charge in [-0.05, 0) is 31.3 Å². The Morgan fingerprint density at radius 3 is 2.41 bits per heavy atom. The molecule has 0 aromatic heterocycles. The van der Waals surface area contributed by atoms with E-state index < -0.39 is 0 Å². The third-order valence-electron chi connectivity index (χ3n) is 4.09. The van der Waals surface area contributed by atoms with Gasteiger partial charge in [0.25, 0.3) is 0 Å². The predicted molar refractivity (Wildman–Crippen MR) is 73.3 cm³/mol. The van der Waals surface area contributed by atoms with Gasteiger partial charge in [-0.3, -0.25) is 0 Å². The fourth-order valence-corrected chi connectivity index (χ4v) is 3.05. The molecule has 0 aliphatic heterocycles. The smallest absolute Gasteiger partial charge is 0.0558 e. The molecule has 3 heteroatoms. The van der Waals surface area contributed by atoms with Crippen LogP contribution in [0.25, 0.3) is 0 Å². The van der Waals surface area contributed by atoms with E-state index in [2.05, 4.69) is 24.1 Å². The summed E-state index contributed by atoms with van der Waals surface area (Å²) >= 11 is 0. The van der Waals surface area contributed by atoms with Crippen LogP contribution < -0.4 is 5.32 Å². The minimum absolute atomic E-state index is 0.283. The summed E-state index contributed by atoms with van der Waals surface area (Å²) in [5.74, 6) is 0. The Morgan fingerprint density at radius 2 is 1.88 bits per heavy atom. The maximum atomic E-state index is 9.10. The van der Waals surface area contributed by atoms with Gasteiger partial charge in [-0.2, -0.15) is 0 Å². The average molecular weight is 242 g/mol. The molecule has 0 aromatic carbocycles. The Hall–Kier alpha value is -0.120. The maximum absolute atomic E-state index is 9.10. The summed E-state index contributed by atoms with van der Waals surface area (Å²) in [7, 11) is 0. The number of nitrogens with zero attached hydrogens (tertiary/aromatic N) is 1. The SMILES string of the molecule is CCNCC1(CN(CC)CCO)CCCCC1. The fourth-order valence-electron chi connectivity index (χ4n) is 3.05. The maximum Gasteiger partial charge on any atom is 0.0558 e. The van der Waals surface area contributed by atoms with Crippen molar-refractivity contribution in [2.24, 2.45) is 5.41 Å². The monoisotopic (exact) mass is 242 g/mol. The largest absolute Gasteiger partial charge is 0.395 e. The number of hydrogen-bond donors (Lipinski definition) is 2. The number of likely N-dealkylation sites (N-methyl/N-ethyl adjacent to an activating group) is 1. The second-order valence-electron chi connectivity index (χ2n) is 5.43. The van der Waals surface area contributed by atoms with Crippen molar-refractivity contribution in [3.8, 4) is 0 Å². The van der Waals surface area contributed by atoms with E-state index in [-0.39, 0.29) is 6.61 Å². The zero-order valence-corrected chi connectivity index (χ0v) is 11.7. The van der Waals surface area contributed by atoms with Crippen LogP contribution in [0.3, 0.4) is 0 Å². The standard InChI is InChI=1S/C14H30N2O/c1-3-15-12-14(8-6-5-7-9-14)13-16(4-2)10-11-17/h15,17H,3-13H2,1-2H3. The van der Waals surface area contributed by atoms with Gasteiger partial charge in [-0.25, -0.2) is 0 Å². The topological polar surface area (TPSA) is 35.5 Å². The minimum Gasteiger partial charge on any atom is -0.395 e. The lowest BCUT2D eigenvalue weighted by molar-refractivity contribution is 0.0926. The van der Waals surface area contributed by atoms with Gasteiger partial charge < -0.3 is 15.3 Å². The molecule has 1 saturated carbocycles. The second-order valence-corrected chi connectivity index (χ2v) is 5.43. The molecule has 0 amide bonds. The van der Waals surface area contributed by atoms with Gasteiger partial charge in [0.2, 0.25) is 0 Å². The summed E-state index contributed by atoms with van der Waals surface area (Å²) in [5, 5.41) is 12.6. The van der Waals surface area contributed by atoms with E-state index >= 15 is 0 Å². The highest BCUT2D eigenvalue weighted by Crippen LogP contribution is 2.36. The Bertz CT molecular complexity index is 191. The molecule has 0 aromatic rings. The van der Waals surface area contributed by atoms with E-state index in [1.807, 2.05) is 0 Å². The molecule has 17 heavy (non-hydrogen) atoms. The van der Waals surface area contributed by atoms with Crippen molar-refractivity contribution < 1.29 is 5.11 Å². The number of nitrogens with one attached hydrogen (secondary N) is 1. The van der Waals surface area contributed by atoms with Crippen molar-refractivity contribution in [3.05, 3.63) is 0 Å². The number of aliphatic hydroxyl groups excluding tert-OH is 1. The molecule has 0 spiro atoms. The van der Waals surface area contributed by atoms with Crippen LogP contribution in [0.1, 0.15) is 46.0 Å². The molecule has 0 radical (unpaired) electrons. The summed E-state index contributed by atoms with van der Waals surface area (Å²) in [6.07, 6.45) is 6.86. The predicted octanol–water partition coefficient (Wildman–Crippen LogP) is 1.86. The van der Waals surface area contributed by atoms with Crippen molar-refractivity contribution in [2.45, 2.75) is 46.0 Å². The van der Waals surface area contributed by atoms with Gasteiger partial charge in [-0.15, -0.1) is 0 Å². The van der Waals surface area contributed by atoms with Crippen molar-refractivity contribution in [1.82, 2.24) is 10.2 Å². The summed E-state index contributed by atoms with van der Waals surface area (Å²) in [5.41, 5.74) is 0.458. The zero-order chi connectivity index (χ0) is 12.6. The molecular weight excluding hydrogens is 212 g/mol. The van der Waals surface area contributed by atoms with Gasteiger partial charge in [-0.1, -0.05) is 33.1 Å². The lowest BCUT2D eigenvalue weighted by Crippen LogP contribution is -2.46. The van der Waals surface area contributed by atoms with E-state index in [1.54, 1.807) is 0 Å². The molecule has 1 rings (SSSR count). The Kier molecular flexibility index (Phi) is 7.09. The summed E-state index contributed by atoms with van der Waals surface area (Å²) in [4.78, 5) is 2.41. The van der Waals surface area contributed by atoms with Gasteiger partial charge in [0, 0.05) is 19.6 Å². The van der Waals surface area contributed by atoms with E-state index in [9.17, 15) is 0 Å². The molecule has 0 atom stereocenters. The van der Waals surface area contributed by atoms with E-state index in [4.69, 9.17) is 5.11 Å². The molecule has 2 N–H and O–H groups in total. The Balaban J connectivity index is 2.54. The first-order valence-corrected chi connectivity index (χ1v) is 7.30. The quantitative estimate of drug-likeness (QED) is 0.682. The van der Waals surface area contributed by atoms with Crippen LogP contribution in [0, 0.1) is 5.41 Å². The van der Waals surface area contributed by atoms with Crippen LogP contribution in [0.4, 0.5) is 0 Å². The highest BCUT2D eigenvalue weighted by molar-refractivity contribution is 4.87. The summed E-state index contributed by atoms with van der Waals surface area (Å²) < 4.78 is 0. The molecule has 1 aliphatic carbocycles. The normalized spacial score (nSPS) is 19.8. The molecule has 1 fully saturated rings. The van der Waals surface area contributed by atoms with E-state index in [0.29, 0.717) is 5.41 Å². The van der Waals surface area contributed by atoms with Crippen molar-refractivity contribution in [2.75, 3.05) is 39.3 Å². The molecule has 3 nitrogen and oxygen atoms in total. The van der Waals surface area contributed by atoms with Gasteiger partial charge in [0.05, 0.1) is 6.61 Å². The average Bonchev–Trinajstić information content (AvgIpc) is 2.37. The van der Waals surface area contributed by atoms with Crippen LogP contribution in [0.5, 0.6) is 0 Å². The van der Waals surface area contributed by atoms with Crippen molar-refractivity contribution in [1.29, 1.82) is 0 Å². The first kappa shape index (κ1) is 14.9. The zero-order valence-electron chi connectivity index (χ0n) is 11.7. The van der Waals surface area contributed by atoms with Gasteiger partial charge >= 0.3 is 0 Å². The van der Waals surface area contributed by atoms with E-state index in [1.165, 1.54) is 32.1 Å². The summed E-state index contributed by atoms with van der Waals surface area (Å²) in [6.45, 7) is 9.89. The number of aliphatic hydroxyl groups is 1. The lowest BCUT2D eigenvalue weighted by atomic mass is 9.73. The molecular formula is C14H30N2O. The highest BCUT2D eigenvalue weighted by atomic mass is 16.3. The molecule has 0 saturated heterocycles. The van der Waals surface area contributed by atoms with Gasteiger partial charge in [0.1, 0.15) is 0 Å². The first-order chi connectivity index (χ1) is 8.26. The first-order valence-electron chi connectivity index (χ1n) is 7.30. The van der Waals surface area contributed by atoms with Crippen LogP contribution in [0.2, 0.25) is 0 Å². The Labute approximate surface area is 107 Å². The third-order valence-corrected chi connectivity index (χ3v) is 4.09. The fraction of sp³-hybridized carbons (Fsp3) is 1.00. The Morgan fingerprint density at radius 1 is 1.18 bits per heavy atom. The van der Waals surface area contributed by atoms with Gasteiger partial charge in [0.15, 0.2) is 0 Å². The molecule has 0 bridgehead atoms. The van der Waals surface area contributed by atoms with Crippen molar-refractivity contribution >= 4 is 0 Å². The number of rotatable bonds is 8. The molecule has 0 unspecified atom stereocenters. The summed E-state index contributed by atoms with van der Waals surface area (Å²) in [6, 6.07) is 0. The lowest BCUT2D eigenvalue weighted by Gasteiger charge is -2.41. The van der Waals surface area contributed by atoms with Crippen LogP contribution >= 0.6 is 0 Å². The molecule has 1 aliphatic rings. The molecule has 0 heterocycles. The second kappa shape index (κ2) is 8.06. The van der Waals surface area contributed by atoms with Crippen LogP contribution in [0.15, 0.2) is 0 Å². The minimum atomic E-state index is 0.283. The van der Waals surface area contributed by atoms with Crippen LogP contribution in [-0.2, 0) is 0 Å². The number of hydrogen-bond acceptors (Lipinski definition) is 3. The third kappa shape index (κ3) is 4.94. The molecule has 102 valence electrons. The van der Waals surface area contributed by atoms with E-state index in [0.717, 1.165) is 32.7 Å².